The number of carbonyl (C=O) groups excluding carboxylic acids is 2. The summed E-state index contributed by atoms with van der Waals surface area (Å²) < 4.78 is 4.13. The molecule has 0 fully saturated rings. The van der Waals surface area contributed by atoms with Gasteiger partial charge in [0, 0.05) is 12.4 Å². The van der Waals surface area contributed by atoms with Crippen LogP contribution in [0.4, 0.5) is 0 Å². The molecule has 0 saturated heterocycles. The highest BCUT2D eigenvalue weighted by molar-refractivity contribution is 5.76. The van der Waals surface area contributed by atoms with Crippen LogP contribution >= 0.6 is 0 Å². The van der Waals surface area contributed by atoms with Gasteiger partial charge in [-0.15, -0.1) is 0 Å². The summed E-state index contributed by atoms with van der Waals surface area (Å²) in [6.07, 6.45) is 4.08. The third-order valence-electron chi connectivity index (χ3n) is 1.55. The molecule has 13 heavy (non-hydrogen) atoms. The molecule has 0 spiro atoms. The van der Waals surface area contributed by atoms with Gasteiger partial charge in [-0.05, 0) is 24.1 Å². The molecule has 1 rings (SSSR count). The van der Waals surface area contributed by atoms with E-state index in [1.54, 1.807) is 12.4 Å². The Morgan fingerprint density at radius 2 is 2.15 bits per heavy atom. The number of hydrogen-bond donors (Lipinski definition) is 0. The van der Waals surface area contributed by atoms with Crippen molar-refractivity contribution < 1.29 is 14.3 Å². The van der Waals surface area contributed by atoms with E-state index in [0.29, 0.717) is 6.42 Å². The van der Waals surface area contributed by atoms with Gasteiger partial charge in [0.2, 0.25) is 0 Å². The number of hydrogen-bond acceptors (Lipinski definition) is 4. The molecular formula is C9H9NO3. The molecule has 4 nitrogen and oxygen atoms in total. The number of carbonyl (C=O) groups is 2. The molecule has 0 aliphatic carbocycles. The Kier molecular flexibility index (Phi) is 3.63. The fourth-order valence-electron chi connectivity index (χ4n) is 0.908. The molecule has 4 heteroatoms. The summed E-state index contributed by atoms with van der Waals surface area (Å²) in [5.74, 6) is -0.508. The van der Waals surface area contributed by atoms with Crippen LogP contribution in [0.3, 0.4) is 0 Å². The van der Waals surface area contributed by atoms with E-state index < -0.39 is 5.97 Å². The highest BCUT2D eigenvalue weighted by Gasteiger charge is 2.01. The largest absolute Gasteiger partial charge is 0.395 e. The van der Waals surface area contributed by atoms with E-state index in [1.165, 1.54) is 0 Å². The number of ether oxygens (including phenoxy) is 1. The molecule has 0 atom stereocenters. The lowest BCUT2D eigenvalue weighted by Gasteiger charge is -1.97. The minimum Gasteiger partial charge on any atom is -0.395 e. The number of esters is 1. The van der Waals surface area contributed by atoms with E-state index in [2.05, 4.69) is 9.72 Å². The molecule has 1 aromatic heterocycles. The van der Waals surface area contributed by atoms with Gasteiger partial charge < -0.3 is 4.74 Å². The minimum absolute atomic E-state index is 0.148. The zero-order valence-electron chi connectivity index (χ0n) is 6.97. The van der Waals surface area contributed by atoms with E-state index in [-0.39, 0.29) is 12.9 Å². The molecule has 68 valence electrons. The lowest BCUT2D eigenvalue weighted by molar-refractivity contribution is -0.151. The van der Waals surface area contributed by atoms with Gasteiger partial charge >= 0.3 is 12.4 Å². The molecule has 0 aromatic carbocycles. The Morgan fingerprint density at radius 3 is 2.77 bits per heavy atom. The Balaban J connectivity index is 2.35. The van der Waals surface area contributed by atoms with Crippen LogP contribution in [-0.2, 0) is 20.7 Å². The minimum atomic E-state index is -0.508. The topological polar surface area (TPSA) is 56.3 Å². The van der Waals surface area contributed by atoms with Crippen molar-refractivity contribution in [3.63, 3.8) is 0 Å². The van der Waals surface area contributed by atoms with Crippen molar-refractivity contribution in [3.05, 3.63) is 30.1 Å². The zero-order chi connectivity index (χ0) is 9.52. The second-order valence-corrected chi connectivity index (χ2v) is 2.44. The maximum Gasteiger partial charge on any atom is 0.313 e. The van der Waals surface area contributed by atoms with E-state index >= 15 is 0 Å². The maximum atomic E-state index is 10.7. The van der Waals surface area contributed by atoms with Crippen LogP contribution in [0.5, 0.6) is 0 Å². The average molecular weight is 179 g/mol. The Morgan fingerprint density at radius 1 is 1.46 bits per heavy atom. The average Bonchev–Trinajstić information content (AvgIpc) is 2.17. The first-order valence-electron chi connectivity index (χ1n) is 3.85. The van der Waals surface area contributed by atoms with Gasteiger partial charge in [0.15, 0.2) is 0 Å². The molecule has 0 aliphatic heterocycles. The van der Waals surface area contributed by atoms with Gasteiger partial charge in [0.1, 0.15) is 0 Å². The first kappa shape index (κ1) is 9.38. The number of aromatic nitrogens is 1. The zero-order valence-corrected chi connectivity index (χ0v) is 6.97. The second kappa shape index (κ2) is 5.03. The Labute approximate surface area is 75.5 Å². The van der Waals surface area contributed by atoms with Gasteiger partial charge in [-0.3, -0.25) is 14.6 Å². The van der Waals surface area contributed by atoms with E-state index in [9.17, 15) is 9.59 Å². The fraction of sp³-hybridized carbons (Fsp3) is 0.222. The fourth-order valence-corrected chi connectivity index (χ4v) is 0.908. The predicted molar refractivity (Wildman–Crippen MR) is 44.7 cm³/mol. The predicted octanol–water partition coefficient (Wildman–Crippen LogP) is 0.714. The van der Waals surface area contributed by atoms with Gasteiger partial charge in [-0.2, -0.15) is 0 Å². The third-order valence-corrected chi connectivity index (χ3v) is 1.55. The Hall–Kier alpha value is -1.71. The van der Waals surface area contributed by atoms with Gasteiger partial charge in [0.05, 0.1) is 6.42 Å². The van der Waals surface area contributed by atoms with Crippen LogP contribution in [0, 0.1) is 0 Å². The first-order valence-corrected chi connectivity index (χ1v) is 3.85. The van der Waals surface area contributed by atoms with Crippen LogP contribution in [0.25, 0.3) is 0 Å². The molecule has 0 bridgehead atoms. The molecule has 0 unspecified atom stereocenters. The summed E-state index contributed by atoms with van der Waals surface area (Å²) in [6, 6.07) is 3.63. The summed E-state index contributed by atoms with van der Waals surface area (Å²) in [7, 11) is 0. The SMILES string of the molecule is O=COC(=O)CCc1ccncc1. The van der Waals surface area contributed by atoms with Crippen molar-refractivity contribution in [2.75, 3.05) is 0 Å². The van der Waals surface area contributed by atoms with Crippen LogP contribution in [0.2, 0.25) is 0 Å². The number of aryl methyl sites for hydroxylation is 1. The smallest absolute Gasteiger partial charge is 0.313 e. The first-order chi connectivity index (χ1) is 6.33. The summed E-state index contributed by atoms with van der Waals surface area (Å²) >= 11 is 0. The van der Waals surface area contributed by atoms with Crippen LogP contribution in [0.1, 0.15) is 12.0 Å². The highest BCUT2D eigenvalue weighted by Crippen LogP contribution is 2.01. The molecule has 0 aliphatic rings. The van der Waals surface area contributed by atoms with E-state index in [1.807, 2.05) is 12.1 Å². The molecular weight excluding hydrogens is 170 g/mol. The van der Waals surface area contributed by atoms with Crippen molar-refractivity contribution in [2.45, 2.75) is 12.8 Å². The second-order valence-electron chi connectivity index (χ2n) is 2.44. The Bertz CT molecular complexity index is 284. The monoisotopic (exact) mass is 179 g/mol. The third kappa shape index (κ3) is 3.46. The number of pyridine rings is 1. The summed E-state index contributed by atoms with van der Waals surface area (Å²) in [5, 5.41) is 0. The summed E-state index contributed by atoms with van der Waals surface area (Å²) in [6.45, 7) is 0.148. The maximum absolute atomic E-state index is 10.7. The van der Waals surface area contributed by atoms with Crippen LogP contribution in [-0.4, -0.2) is 17.4 Å². The van der Waals surface area contributed by atoms with E-state index in [4.69, 9.17) is 0 Å². The van der Waals surface area contributed by atoms with Gasteiger partial charge in [-0.1, -0.05) is 0 Å². The van der Waals surface area contributed by atoms with Gasteiger partial charge in [-0.25, -0.2) is 0 Å². The molecule has 1 aromatic rings. The molecule has 0 radical (unpaired) electrons. The lowest BCUT2D eigenvalue weighted by atomic mass is 10.1. The van der Waals surface area contributed by atoms with Crippen molar-refractivity contribution in [1.29, 1.82) is 0 Å². The molecule has 1 heterocycles. The number of nitrogens with zero attached hydrogens (tertiary/aromatic N) is 1. The normalized spacial score (nSPS) is 9.23. The van der Waals surface area contributed by atoms with Crippen LogP contribution in [0.15, 0.2) is 24.5 Å². The quantitative estimate of drug-likeness (QED) is 0.388. The summed E-state index contributed by atoms with van der Waals surface area (Å²) in [5.41, 5.74) is 0.998. The van der Waals surface area contributed by atoms with Crippen LogP contribution < -0.4 is 0 Å². The number of rotatable bonds is 4. The highest BCUT2D eigenvalue weighted by atomic mass is 16.6. The lowest BCUT2D eigenvalue weighted by Crippen LogP contribution is -2.03. The standard InChI is InChI=1S/C9H9NO3/c11-7-13-9(12)2-1-8-3-5-10-6-4-8/h3-7H,1-2H2. The van der Waals surface area contributed by atoms with Crippen molar-refractivity contribution in [1.82, 2.24) is 4.98 Å². The molecule has 0 saturated carbocycles. The molecule has 0 N–H and O–H groups in total. The molecule has 0 amide bonds. The van der Waals surface area contributed by atoms with E-state index in [0.717, 1.165) is 5.56 Å². The van der Waals surface area contributed by atoms with Crippen molar-refractivity contribution in [3.8, 4) is 0 Å². The summed E-state index contributed by atoms with van der Waals surface area (Å²) in [4.78, 5) is 24.4. The van der Waals surface area contributed by atoms with Gasteiger partial charge in [0.25, 0.3) is 0 Å². The van der Waals surface area contributed by atoms with Crippen molar-refractivity contribution >= 4 is 12.4 Å². The van der Waals surface area contributed by atoms with Crippen molar-refractivity contribution in [2.24, 2.45) is 0 Å².